The molecule has 1 aliphatic heterocycles. The molecule has 2 amide bonds. The molecule has 0 spiro atoms. The molecule has 3 rings (SSSR count). The minimum atomic E-state index is -0.464. The zero-order valence-corrected chi connectivity index (χ0v) is 14.6. The van der Waals surface area contributed by atoms with Crippen molar-refractivity contribution >= 4 is 17.6 Å². The van der Waals surface area contributed by atoms with E-state index in [9.17, 15) is 9.59 Å². The first-order valence-electron chi connectivity index (χ1n) is 9.23. The van der Waals surface area contributed by atoms with Crippen LogP contribution in [-0.2, 0) is 11.3 Å². The van der Waals surface area contributed by atoms with Crippen LogP contribution in [0.15, 0.2) is 6.20 Å². The Morgan fingerprint density at radius 1 is 1.32 bits per heavy atom. The Hall–Kier alpha value is -2.09. The molecule has 1 saturated carbocycles. The van der Waals surface area contributed by atoms with E-state index in [2.05, 4.69) is 21.0 Å². The highest BCUT2D eigenvalue weighted by Gasteiger charge is 2.23. The molecule has 0 saturated heterocycles. The smallest absolute Gasteiger partial charge is 0.254 e. The molecule has 0 aromatic carbocycles. The molecule has 8 nitrogen and oxygen atoms in total. The van der Waals surface area contributed by atoms with Gasteiger partial charge in [-0.3, -0.25) is 9.59 Å². The summed E-state index contributed by atoms with van der Waals surface area (Å²) in [5, 5.41) is 13.9. The van der Waals surface area contributed by atoms with Gasteiger partial charge in [-0.05, 0) is 12.8 Å². The number of aromatic nitrogens is 2. The number of rotatable bonds is 7. The maximum absolute atomic E-state index is 12.0. The highest BCUT2D eigenvalue weighted by atomic mass is 16.2. The van der Waals surface area contributed by atoms with Crippen LogP contribution in [0.25, 0.3) is 0 Å². The summed E-state index contributed by atoms with van der Waals surface area (Å²) < 4.78 is 1.78. The van der Waals surface area contributed by atoms with Crippen LogP contribution in [0.5, 0.6) is 0 Å². The number of carbonyl (C=O) groups is 2. The van der Waals surface area contributed by atoms with Crippen LogP contribution in [0.4, 0.5) is 5.82 Å². The molecule has 1 aliphatic carbocycles. The Labute approximate surface area is 147 Å². The molecule has 0 bridgehead atoms. The van der Waals surface area contributed by atoms with Crippen LogP contribution in [0.1, 0.15) is 48.9 Å². The van der Waals surface area contributed by atoms with Crippen molar-refractivity contribution in [1.29, 1.82) is 0 Å². The minimum Gasteiger partial charge on any atom is -0.369 e. The summed E-state index contributed by atoms with van der Waals surface area (Å²) in [5.41, 5.74) is 5.76. The molecule has 8 heteroatoms. The lowest BCUT2D eigenvalue weighted by atomic mass is 9.95. The van der Waals surface area contributed by atoms with Crippen LogP contribution < -0.4 is 21.7 Å². The van der Waals surface area contributed by atoms with E-state index in [4.69, 9.17) is 5.73 Å². The summed E-state index contributed by atoms with van der Waals surface area (Å²) >= 11 is 0. The Balaban J connectivity index is 1.34. The van der Waals surface area contributed by atoms with Crippen molar-refractivity contribution in [3.8, 4) is 0 Å². The minimum absolute atomic E-state index is 0.140. The molecule has 2 heterocycles. The molecule has 0 radical (unpaired) electrons. The van der Waals surface area contributed by atoms with Gasteiger partial charge in [-0.2, -0.15) is 5.10 Å². The average Bonchev–Trinajstić information content (AvgIpc) is 3.03. The number of hydrogen-bond acceptors (Lipinski definition) is 5. The number of carbonyl (C=O) groups excluding carboxylic acids is 2. The molecule has 1 atom stereocenters. The first-order valence-corrected chi connectivity index (χ1v) is 9.23. The number of hydrogen-bond donors (Lipinski definition) is 4. The van der Waals surface area contributed by atoms with E-state index in [1.807, 2.05) is 0 Å². The fourth-order valence-electron chi connectivity index (χ4n) is 3.63. The van der Waals surface area contributed by atoms with E-state index < -0.39 is 5.91 Å². The summed E-state index contributed by atoms with van der Waals surface area (Å²) in [6.07, 6.45) is 8.00. The van der Waals surface area contributed by atoms with Crippen molar-refractivity contribution in [3.63, 3.8) is 0 Å². The average molecular weight is 348 g/mol. The van der Waals surface area contributed by atoms with Crippen molar-refractivity contribution in [3.05, 3.63) is 11.8 Å². The number of fused-ring (bicyclic) bond motifs is 1. The second-order valence-corrected chi connectivity index (χ2v) is 7.06. The predicted molar refractivity (Wildman–Crippen MR) is 95.2 cm³/mol. The lowest BCUT2D eigenvalue weighted by molar-refractivity contribution is -0.121. The second kappa shape index (κ2) is 8.33. The molecule has 1 fully saturated rings. The summed E-state index contributed by atoms with van der Waals surface area (Å²) in [4.78, 5) is 23.3. The van der Waals surface area contributed by atoms with E-state index >= 15 is 0 Å². The number of anilines is 1. The molecule has 1 aromatic heterocycles. The normalized spacial score (nSPS) is 20.6. The van der Waals surface area contributed by atoms with Crippen LogP contribution in [0.3, 0.4) is 0 Å². The van der Waals surface area contributed by atoms with Gasteiger partial charge in [0.2, 0.25) is 5.91 Å². The Kier molecular flexibility index (Phi) is 5.91. The van der Waals surface area contributed by atoms with E-state index in [0.717, 1.165) is 32.5 Å². The largest absolute Gasteiger partial charge is 0.369 e. The fraction of sp³-hybridized carbons (Fsp3) is 0.706. The standard InChI is InChI=1S/C17H28N6O2/c18-16(25)14-10-21-23-11-12(9-20-17(14)23)8-19-7-6-15(24)22-13-4-2-1-3-5-13/h10,12-13,19-20H,1-9,11H2,(H2,18,25)(H,22,24). The first-order chi connectivity index (χ1) is 12.1. The van der Waals surface area contributed by atoms with Crippen LogP contribution in [0, 0.1) is 5.92 Å². The van der Waals surface area contributed by atoms with Gasteiger partial charge < -0.3 is 21.7 Å². The summed E-state index contributed by atoms with van der Waals surface area (Å²) in [5.74, 6) is 0.737. The maximum Gasteiger partial charge on any atom is 0.254 e. The monoisotopic (exact) mass is 348 g/mol. The van der Waals surface area contributed by atoms with Crippen LogP contribution >= 0.6 is 0 Å². The molecule has 138 valence electrons. The number of nitrogens with one attached hydrogen (secondary N) is 3. The zero-order chi connectivity index (χ0) is 17.6. The molecule has 25 heavy (non-hydrogen) atoms. The van der Waals surface area contributed by atoms with Gasteiger partial charge in [0.05, 0.1) is 6.20 Å². The van der Waals surface area contributed by atoms with Gasteiger partial charge in [0.1, 0.15) is 11.4 Å². The SMILES string of the molecule is NC(=O)c1cnn2c1NCC(CNCCC(=O)NC1CCCCC1)C2. The van der Waals surface area contributed by atoms with Gasteiger partial charge >= 0.3 is 0 Å². The van der Waals surface area contributed by atoms with Crippen molar-refractivity contribution in [2.75, 3.05) is 25.0 Å². The van der Waals surface area contributed by atoms with E-state index in [-0.39, 0.29) is 5.91 Å². The van der Waals surface area contributed by atoms with Crippen LogP contribution in [0.2, 0.25) is 0 Å². The van der Waals surface area contributed by atoms with E-state index in [1.165, 1.54) is 25.5 Å². The first kappa shape index (κ1) is 17.7. The lowest BCUT2D eigenvalue weighted by Crippen LogP contribution is -2.39. The van der Waals surface area contributed by atoms with Crippen LogP contribution in [-0.4, -0.2) is 47.3 Å². The van der Waals surface area contributed by atoms with Gasteiger partial charge in [0, 0.05) is 44.6 Å². The third kappa shape index (κ3) is 4.72. The number of amides is 2. The van der Waals surface area contributed by atoms with Crippen molar-refractivity contribution in [1.82, 2.24) is 20.4 Å². The molecule has 2 aliphatic rings. The summed E-state index contributed by atoms with van der Waals surface area (Å²) in [7, 11) is 0. The second-order valence-electron chi connectivity index (χ2n) is 7.06. The van der Waals surface area contributed by atoms with E-state index in [1.54, 1.807) is 4.68 Å². The number of nitrogens with two attached hydrogens (primary N) is 1. The molecular formula is C17H28N6O2. The molecule has 5 N–H and O–H groups in total. The molecular weight excluding hydrogens is 320 g/mol. The van der Waals surface area contributed by atoms with Gasteiger partial charge in [-0.15, -0.1) is 0 Å². The Morgan fingerprint density at radius 2 is 2.12 bits per heavy atom. The third-order valence-corrected chi connectivity index (χ3v) is 5.03. The zero-order valence-electron chi connectivity index (χ0n) is 14.6. The lowest BCUT2D eigenvalue weighted by Gasteiger charge is -2.26. The van der Waals surface area contributed by atoms with Gasteiger partial charge in [0.15, 0.2) is 0 Å². The third-order valence-electron chi connectivity index (χ3n) is 5.03. The summed E-state index contributed by atoms with van der Waals surface area (Å²) in [6, 6.07) is 0.376. The molecule has 1 aromatic rings. The molecule has 1 unspecified atom stereocenters. The van der Waals surface area contributed by atoms with Gasteiger partial charge in [-0.1, -0.05) is 19.3 Å². The van der Waals surface area contributed by atoms with Crippen molar-refractivity contribution in [2.24, 2.45) is 11.7 Å². The van der Waals surface area contributed by atoms with Crippen molar-refractivity contribution < 1.29 is 9.59 Å². The highest BCUT2D eigenvalue weighted by molar-refractivity contribution is 5.97. The summed E-state index contributed by atoms with van der Waals surface area (Å²) in [6.45, 7) is 2.96. The van der Waals surface area contributed by atoms with Gasteiger partial charge in [-0.25, -0.2) is 4.68 Å². The Bertz CT molecular complexity index is 608. The van der Waals surface area contributed by atoms with Crippen molar-refractivity contribution in [2.45, 2.75) is 51.1 Å². The quantitative estimate of drug-likeness (QED) is 0.534. The van der Waals surface area contributed by atoms with E-state index in [0.29, 0.717) is 36.3 Å². The van der Waals surface area contributed by atoms with Gasteiger partial charge in [0.25, 0.3) is 5.91 Å². The predicted octanol–water partition coefficient (Wildman–Crippen LogP) is 0.452. The maximum atomic E-state index is 12.0. The topological polar surface area (TPSA) is 114 Å². The number of primary amides is 1. The number of nitrogens with zero attached hydrogens (tertiary/aromatic N) is 2. The Morgan fingerprint density at radius 3 is 2.88 bits per heavy atom. The highest BCUT2D eigenvalue weighted by Crippen LogP contribution is 2.21. The fourth-order valence-corrected chi connectivity index (χ4v) is 3.63.